The van der Waals surface area contributed by atoms with Crippen LogP contribution in [0.4, 0.5) is 16.0 Å². The monoisotopic (exact) mass is 602 g/mol. The number of fused-ring (bicyclic) bond motifs is 9. The average Bonchev–Trinajstić information content (AvgIpc) is 3.65. The van der Waals surface area contributed by atoms with Crippen LogP contribution >= 0.6 is 0 Å². The maximum atomic E-state index is 15.6. The maximum absolute atomic E-state index is 15.6. The number of pyridine rings is 1. The largest absolute Gasteiger partial charge is 0.477 e. The molecule has 1 saturated heterocycles. The lowest BCUT2D eigenvalue weighted by Crippen LogP contribution is -2.52. The van der Waals surface area contributed by atoms with E-state index < -0.39 is 0 Å². The number of piperazine rings is 1. The molecule has 1 aliphatic carbocycles. The Morgan fingerprint density at radius 1 is 1.11 bits per heavy atom. The highest BCUT2D eigenvalue weighted by Gasteiger charge is 2.30. The SMILES string of the molecule is COC[C@H]1CN(c2cc3c(cc2F)nc2n3C[C@@H]3CC[C@H](COc4c(c(C)nn4C)-c4cc(cc(C)n4)C(=O)N2)C3)CCN1. The van der Waals surface area contributed by atoms with Crippen LogP contribution < -0.4 is 20.3 Å². The van der Waals surface area contributed by atoms with Gasteiger partial charge in [-0.15, -0.1) is 0 Å². The van der Waals surface area contributed by atoms with Crippen molar-refractivity contribution in [2.24, 2.45) is 18.9 Å². The molecule has 4 aromatic rings. The molecule has 3 aliphatic rings. The van der Waals surface area contributed by atoms with Gasteiger partial charge in [0.2, 0.25) is 11.8 Å². The zero-order valence-electron chi connectivity index (χ0n) is 25.7. The summed E-state index contributed by atoms with van der Waals surface area (Å²) in [5.74, 6) is 1.20. The molecule has 0 unspecified atom stereocenters. The molecule has 3 aromatic heterocycles. The highest BCUT2D eigenvalue weighted by Crippen LogP contribution is 2.38. The fourth-order valence-corrected chi connectivity index (χ4v) is 7.16. The van der Waals surface area contributed by atoms with E-state index >= 15 is 4.39 Å². The van der Waals surface area contributed by atoms with E-state index in [2.05, 4.69) is 25.2 Å². The number of aryl methyl sites for hydroxylation is 3. The number of benzene rings is 1. The maximum Gasteiger partial charge on any atom is 0.258 e. The molecular formula is C32H39FN8O3. The van der Waals surface area contributed by atoms with Gasteiger partial charge in [-0.05, 0) is 63.1 Å². The number of nitrogens with one attached hydrogen (secondary N) is 2. The lowest BCUT2D eigenvalue weighted by Gasteiger charge is -2.35. The zero-order chi connectivity index (χ0) is 30.5. The van der Waals surface area contributed by atoms with Crippen molar-refractivity contribution in [2.75, 3.05) is 50.2 Å². The van der Waals surface area contributed by atoms with Crippen LogP contribution in [0.25, 0.3) is 22.3 Å². The third kappa shape index (κ3) is 5.30. The third-order valence-corrected chi connectivity index (χ3v) is 9.19. The Kier molecular flexibility index (Phi) is 7.49. The number of carbonyl (C=O) groups is 1. The zero-order valence-corrected chi connectivity index (χ0v) is 25.7. The van der Waals surface area contributed by atoms with Crippen LogP contribution in [-0.4, -0.2) is 76.2 Å². The Balaban J connectivity index is 1.31. The molecule has 232 valence electrons. The fourth-order valence-electron chi connectivity index (χ4n) is 7.16. The van der Waals surface area contributed by atoms with Crippen LogP contribution in [0.3, 0.4) is 0 Å². The van der Waals surface area contributed by atoms with E-state index in [9.17, 15) is 4.79 Å². The van der Waals surface area contributed by atoms with Gasteiger partial charge in [0.25, 0.3) is 5.91 Å². The quantitative estimate of drug-likeness (QED) is 0.361. The first kappa shape index (κ1) is 28.7. The summed E-state index contributed by atoms with van der Waals surface area (Å²) in [7, 11) is 3.55. The van der Waals surface area contributed by atoms with Crippen molar-refractivity contribution in [1.29, 1.82) is 0 Å². The van der Waals surface area contributed by atoms with Gasteiger partial charge < -0.3 is 24.3 Å². The van der Waals surface area contributed by atoms with E-state index in [1.165, 1.54) is 6.07 Å². The molecule has 11 nitrogen and oxygen atoms in total. The van der Waals surface area contributed by atoms with Crippen molar-refractivity contribution in [2.45, 2.75) is 45.7 Å². The van der Waals surface area contributed by atoms with Gasteiger partial charge in [-0.25, -0.2) is 14.1 Å². The minimum absolute atomic E-state index is 0.114. The average molecular weight is 603 g/mol. The van der Waals surface area contributed by atoms with Gasteiger partial charge in [-0.1, -0.05) is 0 Å². The summed E-state index contributed by atoms with van der Waals surface area (Å²) in [4.78, 5) is 25.4. The normalized spacial score (nSPS) is 22.2. The molecule has 5 heterocycles. The number of hydrogen-bond donors (Lipinski definition) is 2. The number of halogens is 1. The summed E-state index contributed by atoms with van der Waals surface area (Å²) in [6.45, 7) is 7.66. The molecular weight excluding hydrogens is 563 g/mol. The fraction of sp³-hybridized carbons (Fsp3) is 0.500. The number of anilines is 2. The van der Waals surface area contributed by atoms with Gasteiger partial charge in [-0.2, -0.15) is 5.10 Å². The molecule has 0 radical (unpaired) electrons. The lowest BCUT2D eigenvalue weighted by molar-refractivity contribution is 0.102. The molecule has 1 saturated carbocycles. The minimum Gasteiger partial charge on any atom is -0.477 e. The van der Waals surface area contributed by atoms with Crippen molar-refractivity contribution in [1.82, 2.24) is 29.6 Å². The summed E-state index contributed by atoms with van der Waals surface area (Å²) in [5, 5.41) is 11.1. The smallest absolute Gasteiger partial charge is 0.258 e. The molecule has 2 N–H and O–H groups in total. The van der Waals surface area contributed by atoms with E-state index in [-0.39, 0.29) is 17.8 Å². The summed E-state index contributed by atoms with van der Waals surface area (Å²) >= 11 is 0. The van der Waals surface area contributed by atoms with Crippen molar-refractivity contribution in [3.05, 3.63) is 47.0 Å². The van der Waals surface area contributed by atoms with E-state index in [1.54, 1.807) is 23.9 Å². The number of amides is 1. The molecule has 4 bridgehead atoms. The Hall–Kier alpha value is -4.03. The Morgan fingerprint density at radius 2 is 1.95 bits per heavy atom. The first-order valence-electron chi connectivity index (χ1n) is 15.4. The number of ether oxygens (including phenoxy) is 2. The van der Waals surface area contributed by atoms with Crippen molar-refractivity contribution in [3.8, 4) is 17.1 Å². The Morgan fingerprint density at radius 3 is 2.80 bits per heavy atom. The number of methoxy groups -OCH3 is 1. The second-order valence-electron chi connectivity index (χ2n) is 12.5. The summed E-state index contributed by atoms with van der Waals surface area (Å²) in [5.41, 5.74) is 5.25. The van der Waals surface area contributed by atoms with Gasteiger partial charge in [0.1, 0.15) is 5.82 Å². The van der Waals surface area contributed by atoms with Gasteiger partial charge >= 0.3 is 0 Å². The van der Waals surface area contributed by atoms with Crippen LogP contribution in [-0.2, 0) is 18.3 Å². The van der Waals surface area contributed by atoms with E-state index in [0.29, 0.717) is 84.7 Å². The third-order valence-electron chi connectivity index (χ3n) is 9.19. The van der Waals surface area contributed by atoms with Crippen molar-refractivity contribution < 1.29 is 18.7 Å². The van der Waals surface area contributed by atoms with Crippen molar-refractivity contribution >= 4 is 28.6 Å². The number of hydrogen-bond acceptors (Lipinski definition) is 8. The number of imidazole rings is 1. The Labute approximate surface area is 255 Å². The Bertz CT molecular complexity index is 1730. The summed E-state index contributed by atoms with van der Waals surface area (Å²) in [6, 6.07) is 7.04. The van der Waals surface area contributed by atoms with E-state index in [0.717, 1.165) is 42.6 Å². The van der Waals surface area contributed by atoms with Gasteiger partial charge in [0.15, 0.2) is 0 Å². The topological polar surface area (TPSA) is 111 Å². The molecule has 1 amide bonds. The van der Waals surface area contributed by atoms with Crippen LogP contribution in [0.15, 0.2) is 24.3 Å². The number of aromatic nitrogens is 5. The summed E-state index contributed by atoms with van der Waals surface area (Å²) in [6.07, 6.45) is 3.05. The van der Waals surface area contributed by atoms with Gasteiger partial charge in [-0.3, -0.25) is 15.1 Å². The first-order valence-corrected chi connectivity index (χ1v) is 15.4. The van der Waals surface area contributed by atoms with Crippen molar-refractivity contribution in [3.63, 3.8) is 0 Å². The second kappa shape index (κ2) is 11.5. The summed E-state index contributed by atoms with van der Waals surface area (Å²) < 4.78 is 31.2. The molecule has 2 aliphatic heterocycles. The van der Waals surface area contributed by atoms with Gasteiger partial charge in [0, 0.05) is 63.7 Å². The standard InChI is InChI=1S/C32H39FN8O3/c1-18-9-22-11-26(35-18)29-19(2)38-39(3)31(29)44-16-21-6-5-20(10-21)14-41-28-13-27(40-8-7-34-23(15-40)17-43-4)24(33)12-25(28)36-32(41)37-30(22)42/h9,11-13,20-21,23,34H,5-8,10,14-17H2,1-4H3,(H,36,37,42)/t20-,21+,23-/m1/s1. The van der Waals surface area contributed by atoms with Crippen LogP contribution in [0.5, 0.6) is 5.88 Å². The highest BCUT2D eigenvalue weighted by molar-refractivity contribution is 6.05. The number of nitrogens with zero attached hydrogens (tertiary/aromatic N) is 6. The van der Waals surface area contributed by atoms with E-state index in [1.807, 2.05) is 27.0 Å². The molecule has 1 aromatic carbocycles. The van der Waals surface area contributed by atoms with Crippen LogP contribution in [0, 0.1) is 31.5 Å². The molecule has 44 heavy (non-hydrogen) atoms. The first-order chi connectivity index (χ1) is 21.3. The lowest BCUT2D eigenvalue weighted by atomic mass is 10.1. The highest BCUT2D eigenvalue weighted by atomic mass is 19.1. The number of rotatable bonds is 3. The minimum atomic E-state index is -0.324. The predicted octanol–water partition coefficient (Wildman–Crippen LogP) is 4.07. The van der Waals surface area contributed by atoms with Gasteiger partial charge in [0.05, 0.1) is 46.9 Å². The van der Waals surface area contributed by atoms with Crippen LogP contribution in [0.1, 0.15) is 41.0 Å². The second-order valence-corrected chi connectivity index (χ2v) is 12.5. The molecule has 3 atom stereocenters. The molecule has 12 heteroatoms. The molecule has 2 fully saturated rings. The number of carbonyl (C=O) groups excluding carboxylic acids is 1. The molecule has 0 spiro atoms. The predicted molar refractivity (Wildman–Crippen MR) is 166 cm³/mol. The molecule has 7 rings (SSSR count). The van der Waals surface area contributed by atoms with Crippen LogP contribution in [0.2, 0.25) is 0 Å². The van der Waals surface area contributed by atoms with E-state index in [4.69, 9.17) is 19.4 Å².